The minimum absolute atomic E-state index is 0.0146. The second kappa shape index (κ2) is 10.9. The molecule has 0 bridgehead atoms. The predicted molar refractivity (Wildman–Crippen MR) is 113 cm³/mol. The second-order valence-electron chi connectivity index (χ2n) is 7.94. The summed E-state index contributed by atoms with van der Waals surface area (Å²) in [5.74, 6) is -0.685. The molecule has 164 valence electrons. The lowest BCUT2D eigenvalue weighted by Gasteiger charge is -2.29. The van der Waals surface area contributed by atoms with Crippen LogP contribution in [0.4, 0.5) is 13.2 Å². The zero-order valence-corrected chi connectivity index (χ0v) is 17.8. The van der Waals surface area contributed by atoms with Gasteiger partial charge in [0.2, 0.25) is 0 Å². The number of benzene rings is 2. The van der Waals surface area contributed by atoms with Gasteiger partial charge in [0.05, 0.1) is 24.9 Å². The lowest BCUT2D eigenvalue weighted by Crippen LogP contribution is -2.25. The molecule has 2 unspecified atom stereocenters. The van der Waals surface area contributed by atoms with Gasteiger partial charge in [0, 0.05) is 5.92 Å². The predicted octanol–water partition coefficient (Wildman–Crippen LogP) is 7.01. The zero-order valence-electron chi connectivity index (χ0n) is 17.8. The van der Waals surface area contributed by atoms with Crippen molar-refractivity contribution in [3.05, 3.63) is 64.5 Å². The van der Waals surface area contributed by atoms with Gasteiger partial charge in [-0.15, -0.1) is 0 Å². The minimum Gasteiger partial charge on any atom is -0.491 e. The Kier molecular flexibility index (Phi) is 8.20. The summed E-state index contributed by atoms with van der Waals surface area (Å²) in [6.45, 7) is 4.74. The van der Waals surface area contributed by atoms with Gasteiger partial charge in [0.25, 0.3) is 6.43 Å². The van der Waals surface area contributed by atoms with Crippen LogP contribution in [0.5, 0.6) is 5.75 Å². The molecule has 2 aromatic carbocycles. The highest BCUT2D eigenvalue weighted by Gasteiger charge is 2.25. The molecule has 1 aliphatic rings. The van der Waals surface area contributed by atoms with Crippen molar-refractivity contribution in [3.63, 3.8) is 0 Å². The molecule has 0 spiro atoms. The van der Waals surface area contributed by atoms with Crippen LogP contribution in [0, 0.1) is 5.82 Å². The van der Waals surface area contributed by atoms with E-state index < -0.39 is 17.8 Å². The Bertz CT molecular complexity index is 797. The molecule has 1 fully saturated rings. The van der Waals surface area contributed by atoms with E-state index in [9.17, 15) is 13.2 Å². The molecule has 30 heavy (non-hydrogen) atoms. The molecule has 0 aliphatic carbocycles. The second-order valence-corrected chi connectivity index (χ2v) is 7.94. The Balaban J connectivity index is 1.56. The van der Waals surface area contributed by atoms with Crippen molar-refractivity contribution < 1.29 is 22.6 Å². The van der Waals surface area contributed by atoms with E-state index in [2.05, 4.69) is 31.2 Å². The summed E-state index contributed by atoms with van der Waals surface area (Å²) in [5.41, 5.74) is 2.44. The Labute approximate surface area is 177 Å². The highest BCUT2D eigenvalue weighted by atomic mass is 19.3. The van der Waals surface area contributed by atoms with Gasteiger partial charge in [-0.3, -0.25) is 0 Å². The summed E-state index contributed by atoms with van der Waals surface area (Å²) in [6, 6.07) is 11.8. The fourth-order valence-electron chi connectivity index (χ4n) is 4.19. The SMILES string of the molecule is CCCc1ccc(C2CCC(CCc3ccc(OCC)c(F)c3C(F)F)OC2)cc1. The summed E-state index contributed by atoms with van der Waals surface area (Å²) in [7, 11) is 0. The Hall–Kier alpha value is -2.01. The smallest absolute Gasteiger partial charge is 0.267 e. The van der Waals surface area contributed by atoms with E-state index in [0.29, 0.717) is 30.9 Å². The maximum atomic E-state index is 14.4. The van der Waals surface area contributed by atoms with E-state index in [-0.39, 0.29) is 18.5 Å². The van der Waals surface area contributed by atoms with Crippen LogP contribution in [-0.2, 0) is 17.6 Å². The molecule has 5 heteroatoms. The molecule has 2 atom stereocenters. The fraction of sp³-hybridized carbons (Fsp3) is 0.520. The molecule has 2 aromatic rings. The van der Waals surface area contributed by atoms with E-state index in [1.807, 2.05) is 0 Å². The monoisotopic (exact) mass is 420 g/mol. The Morgan fingerprint density at radius 1 is 1.03 bits per heavy atom. The largest absolute Gasteiger partial charge is 0.491 e. The summed E-state index contributed by atoms with van der Waals surface area (Å²) in [6.07, 6.45) is 2.24. The first-order valence-corrected chi connectivity index (χ1v) is 11.0. The highest BCUT2D eigenvalue weighted by molar-refractivity contribution is 5.38. The van der Waals surface area contributed by atoms with Gasteiger partial charge < -0.3 is 9.47 Å². The highest BCUT2D eigenvalue weighted by Crippen LogP contribution is 2.34. The summed E-state index contributed by atoms with van der Waals surface area (Å²) >= 11 is 0. The van der Waals surface area contributed by atoms with Gasteiger partial charge in [-0.1, -0.05) is 43.7 Å². The topological polar surface area (TPSA) is 18.5 Å². The van der Waals surface area contributed by atoms with Crippen LogP contribution in [0.15, 0.2) is 36.4 Å². The average molecular weight is 421 g/mol. The van der Waals surface area contributed by atoms with Crippen LogP contribution >= 0.6 is 0 Å². The third kappa shape index (κ3) is 5.57. The van der Waals surface area contributed by atoms with Gasteiger partial charge in [-0.2, -0.15) is 0 Å². The third-order valence-corrected chi connectivity index (χ3v) is 5.85. The van der Waals surface area contributed by atoms with E-state index in [1.54, 1.807) is 13.0 Å². The van der Waals surface area contributed by atoms with E-state index in [0.717, 1.165) is 25.7 Å². The van der Waals surface area contributed by atoms with Crippen LogP contribution in [-0.4, -0.2) is 19.3 Å². The van der Waals surface area contributed by atoms with Gasteiger partial charge in [0.1, 0.15) is 0 Å². The lowest BCUT2D eigenvalue weighted by molar-refractivity contribution is -0.000714. The van der Waals surface area contributed by atoms with E-state index in [1.165, 1.54) is 17.2 Å². The summed E-state index contributed by atoms with van der Waals surface area (Å²) in [5, 5.41) is 0. The van der Waals surface area contributed by atoms with Crippen molar-refractivity contribution in [1.82, 2.24) is 0 Å². The van der Waals surface area contributed by atoms with Crippen LogP contribution in [0.3, 0.4) is 0 Å². The number of hydrogen-bond donors (Lipinski definition) is 0. The number of rotatable bonds is 9. The van der Waals surface area contributed by atoms with Gasteiger partial charge >= 0.3 is 0 Å². The number of hydrogen-bond acceptors (Lipinski definition) is 2. The first kappa shape index (κ1) is 22.7. The van der Waals surface area contributed by atoms with Crippen LogP contribution in [0.2, 0.25) is 0 Å². The van der Waals surface area contributed by atoms with Crippen molar-refractivity contribution in [2.24, 2.45) is 0 Å². The van der Waals surface area contributed by atoms with Crippen LogP contribution in [0.1, 0.15) is 74.1 Å². The Morgan fingerprint density at radius 3 is 2.40 bits per heavy atom. The van der Waals surface area contributed by atoms with Gasteiger partial charge in [0.15, 0.2) is 11.6 Å². The average Bonchev–Trinajstić information content (AvgIpc) is 2.75. The van der Waals surface area contributed by atoms with Crippen molar-refractivity contribution in [2.45, 2.75) is 70.8 Å². The summed E-state index contributed by atoms with van der Waals surface area (Å²) < 4.78 is 52.5. The van der Waals surface area contributed by atoms with E-state index >= 15 is 0 Å². The van der Waals surface area contributed by atoms with Gasteiger partial charge in [-0.25, -0.2) is 13.2 Å². The molecule has 0 saturated carbocycles. The normalized spacial score (nSPS) is 19.3. The minimum atomic E-state index is -2.87. The van der Waals surface area contributed by atoms with E-state index in [4.69, 9.17) is 9.47 Å². The maximum absolute atomic E-state index is 14.4. The van der Waals surface area contributed by atoms with Crippen molar-refractivity contribution >= 4 is 0 Å². The molecule has 0 N–H and O–H groups in total. The number of aryl methyl sites for hydroxylation is 2. The molecule has 1 saturated heterocycles. The molecule has 0 aromatic heterocycles. The quantitative estimate of drug-likeness (QED) is 0.434. The standard InChI is InChI=1S/C25H31F3O2/c1-3-5-17-6-8-18(9-7-17)20-11-14-21(30-16-20)13-10-19-12-15-22(29-4-2)24(26)23(19)25(27)28/h6-9,12,15,20-21,25H,3-5,10-11,13-14,16H2,1-2H3. The van der Waals surface area contributed by atoms with Crippen molar-refractivity contribution in [2.75, 3.05) is 13.2 Å². The van der Waals surface area contributed by atoms with Crippen molar-refractivity contribution in [1.29, 1.82) is 0 Å². The molecule has 3 rings (SSSR count). The van der Waals surface area contributed by atoms with Crippen LogP contribution < -0.4 is 4.74 Å². The number of halogens is 3. The maximum Gasteiger partial charge on any atom is 0.267 e. The fourth-order valence-corrected chi connectivity index (χ4v) is 4.19. The lowest BCUT2D eigenvalue weighted by atomic mass is 9.89. The Morgan fingerprint density at radius 2 is 1.80 bits per heavy atom. The van der Waals surface area contributed by atoms with Gasteiger partial charge in [-0.05, 0) is 61.8 Å². The molecule has 1 aliphatic heterocycles. The molecule has 2 nitrogen and oxygen atoms in total. The molecule has 1 heterocycles. The third-order valence-electron chi connectivity index (χ3n) is 5.85. The molecular weight excluding hydrogens is 389 g/mol. The summed E-state index contributed by atoms with van der Waals surface area (Å²) in [4.78, 5) is 0. The van der Waals surface area contributed by atoms with Crippen LogP contribution in [0.25, 0.3) is 0 Å². The molecule has 0 radical (unpaired) electrons. The number of alkyl halides is 2. The number of ether oxygens (including phenoxy) is 2. The first-order valence-electron chi connectivity index (χ1n) is 11.0. The molecular formula is C25H31F3O2. The first-order chi connectivity index (χ1) is 14.5. The van der Waals surface area contributed by atoms with Crippen molar-refractivity contribution in [3.8, 4) is 5.75 Å². The zero-order chi connectivity index (χ0) is 21.5. The molecule has 0 amide bonds.